The zero-order valence-electron chi connectivity index (χ0n) is 15.6. The van der Waals surface area contributed by atoms with Crippen molar-refractivity contribution in [2.75, 3.05) is 18.8 Å². The average molecular weight is 375 g/mol. The molecule has 3 rings (SSSR count). The number of para-hydroxylation sites is 2. The number of hydrogen-bond acceptors (Lipinski definition) is 4. The van der Waals surface area contributed by atoms with Crippen LogP contribution in [0.2, 0.25) is 0 Å². The van der Waals surface area contributed by atoms with Crippen molar-refractivity contribution in [1.29, 1.82) is 0 Å². The highest BCUT2D eigenvalue weighted by atomic mass is 32.2. The minimum absolute atomic E-state index is 0.0352. The molecule has 0 saturated carbocycles. The van der Waals surface area contributed by atoms with Crippen molar-refractivity contribution in [3.8, 4) is 0 Å². The molecule has 1 N–H and O–H groups in total. The molecule has 2 heterocycles. The zero-order valence-corrected chi connectivity index (χ0v) is 16.4. The summed E-state index contributed by atoms with van der Waals surface area (Å²) in [4.78, 5) is 31.3. The molecule has 26 heavy (non-hydrogen) atoms. The number of hydrogen-bond donors (Lipinski definition) is 1. The molecule has 0 radical (unpaired) electrons. The van der Waals surface area contributed by atoms with E-state index in [1.807, 2.05) is 54.5 Å². The molecule has 1 aromatic heterocycles. The van der Waals surface area contributed by atoms with Gasteiger partial charge in [0, 0.05) is 18.6 Å². The summed E-state index contributed by atoms with van der Waals surface area (Å²) >= 11 is 1.38. The molecule has 0 spiro atoms. The van der Waals surface area contributed by atoms with Crippen LogP contribution in [0.4, 0.5) is 0 Å². The van der Waals surface area contributed by atoms with Crippen LogP contribution in [0.5, 0.6) is 0 Å². The minimum atomic E-state index is -0.260. The fourth-order valence-electron chi connectivity index (χ4n) is 3.10. The first-order chi connectivity index (χ1) is 12.3. The molecule has 7 heteroatoms. The summed E-state index contributed by atoms with van der Waals surface area (Å²) in [6, 6.07) is 7.79. The van der Waals surface area contributed by atoms with Crippen LogP contribution in [-0.2, 0) is 16.1 Å². The van der Waals surface area contributed by atoms with Crippen molar-refractivity contribution in [2.24, 2.45) is 0 Å². The van der Waals surface area contributed by atoms with Gasteiger partial charge in [0.05, 0.1) is 16.8 Å². The SMILES string of the molecule is CC(C)(C)NC(=O)CSc1nc2ccccc2n1CC(=O)N1CCCC1. The first kappa shape index (κ1) is 18.8. The Morgan fingerprint density at radius 3 is 2.58 bits per heavy atom. The van der Waals surface area contributed by atoms with E-state index in [1.54, 1.807) is 0 Å². The van der Waals surface area contributed by atoms with Gasteiger partial charge in [-0.05, 0) is 45.7 Å². The average Bonchev–Trinajstić information content (AvgIpc) is 3.20. The zero-order chi connectivity index (χ0) is 18.7. The van der Waals surface area contributed by atoms with Gasteiger partial charge in [-0.15, -0.1) is 0 Å². The Kier molecular flexibility index (Phi) is 5.55. The first-order valence-electron chi connectivity index (χ1n) is 9.00. The standard InChI is InChI=1S/C19H26N4O2S/c1-19(2,3)21-16(24)13-26-18-20-14-8-4-5-9-15(14)23(18)12-17(25)22-10-6-7-11-22/h4-5,8-9H,6-7,10-13H2,1-3H3,(H,21,24). The van der Waals surface area contributed by atoms with Crippen LogP contribution in [0.25, 0.3) is 11.0 Å². The molecular formula is C19H26N4O2S. The number of likely N-dealkylation sites (tertiary alicyclic amines) is 1. The molecule has 2 amide bonds. The fraction of sp³-hybridized carbons (Fsp3) is 0.526. The summed E-state index contributed by atoms with van der Waals surface area (Å²) in [5, 5.41) is 3.67. The van der Waals surface area contributed by atoms with Gasteiger partial charge in [-0.2, -0.15) is 0 Å². The quantitative estimate of drug-likeness (QED) is 0.817. The van der Waals surface area contributed by atoms with Crippen molar-refractivity contribution >= 4 is 34.6 Å². The number of thioether (sulfide) groups is 1. The van der Waals surface area contributed by atoms with Gasteiger partial charge in [0.15, 0.2) is 5.16 Å². The molecule has 1 saturated heterocycles. The largest absolute Gasteiger partial charge is 0.351 e. The maximum absolute atomic E-state index is 12.6. The van der Waals surface area contributed by atoms with E-state index < -0.39 is 0 Å². The number of aromatic nitrogens is 2. The Hall–Kier alpha value is -2.02. The number of fused-ring (bicyclic) bond motifs is 1. The summed E-state index contributed by atoms with van der Waals surface area (Å²) in [7, 11) is 0. The Labute approximate surface area is 158 Å². The van der Waals surface area contributed by atoms with E-state index in [2.05, 4.69) is 10.3 Å². The number of imidazole rings is 1. The van der Waals surface area contributed by atoms with Crippen molar-refractivity contribution in [1.82, 2.24) is 19.8 Å². The van der Waals surface area contributed by atoms with Crippen LogP contribution >= 0.6 is 11.8 Å². The van der Waals surface area contributed by atoms with Gasteiger partial charge in [0.25, 0.3) is 0 Å². The van der Waals surface area contributed by atoms with Crippen molar-refractivity contribution in [3.63, 3.8) is 0 Å². The predicted molar refractivity (Wildman–Crippen MR) is 104 cm³/mol. The van der Waals surface area contributed by atoms with Crippen molar-refractivity contribution in [2.45, 2.75) is 50.9 Å². The lowest BCUT2D eigenvalue weighted by molar-refractivity contribution is -0.130. The fourth-order valence-corrected chi connectivity index (χ4v) is 3.92. The van der Waals surface area contributed by atoms with E-state index in [-0.39, 0.29) is 29.7 Å². The second kappa shape index (κ2) is 7.70. The van der Waals surface area contributed by atoms with Crippen LogP contribution in [0.3, 0.4) is 0 Å². The van der Waals surface area contributed by atoms with Crippen LogP contribution in [0.15, 0.2) is 29.4 Å². The molecule has 140 valence electrons. The Morgan fingerprint density at radius 1 is 1.19 bits per heavy atom. The van der Waals surface area contributed by atoms with Gasteiger partial charge in [0.2, 0.25) is 11.8 Å². The molecule has 2 aromatic rings. The third-order valence-corrected chi connectivity index (χ3v) is 5.19. The third kappa shape index (κ3) is 4.58. The van der Waals surface area contributed by atoms with Crippen LogP contribution in [0.1, 0.15) is 33.6 Å². The molecule has 1 aromatic carbocycles. The molecular weight excluding hydrogens is 348 g/mol. The van der Waals surface area contributed by atoms with Crippen LogP contribution < -0.4 is 5.32 Å². The minimum Gasteiger partial charge on any atom is -0.351 e. The number of nitrogens with one attached hydrogen (secondary N) is 1. The maximum Gasteiger partial charge on any atom is 0.242 e. The van der Waals surface area contributed by atoms with E-state index in [0.29, 0.717) is 5.16 Å². The molecule has 1 fully saturated rings. The van der Waals surface area contributed by atoms with E-state index in [0.717, 1.165) is 37.0 Å². The monoisotopic (exact) mass is 374 g/mol. The highest BCUT2D eigenvalue weighted by molar-refractivity contribution is 7.99. The number of amides is 2. The van der Waals surface area contributed by atoms with Gasteiger partial charge in [-0.1, -0.05) is 23.9 Å². The van der Waals surface area contributed by atoms with E-state index in [9.17, 15) is 9.59 Å². The van der Waals surface area contributed by atoms with Gasteiger partial charge in [-0.25, -0.2) is 4.98 Å². The number of carbonyl (C=O) groups is 2. The molecule has 1 aliphatic heterocycles. The summed E-state index contributed by atoms with van der Waals surface area (Å²) in [6.07, 6.45) is 2.15. The lowest BCUT2D eigenvalue weighted by atomic mass is 10.1. The summed E-state index contributed by atoms with van der Waals surface area (Å²) in [5.41, 5.74) is 1.52. The van der Waals surface area contributed by atoms with Crippen LogP contribution in [0, 0.1) is 0 Å². The Balaban J connectivity index is 1.78. The second-order valence-electron chi connectivity index (χ2n) is 7.64. The number of nitrogens with zero attached hydrogens (tertiary/aromatic N) is 3. The lowest BCUT2D eigenvalue weighted by Gasteiger charge is -2.20. The molecule has 0 bridgehead atoms. The highest BCUT2D eigenvalue weighted by Gasteiger charge is 2.22. The Bertz CT molecular complexity index is 803. The predicted octanol–water partition coefficient (Wildman–Crippen LogP) is 2.67. The number of rotatable bonds is 5. The summed E-state index contributed by atoms with van der Waals surface area (Å²) < 4.78 is 1.94. The van der Waals surface area contributed by atoms with E-state index >= 15 is 0 Å². The first-order valence-corrected chi connectivity index (χ1v) is 9.99. The molecule has 0 atom stereocenters. The summed E-state index contributed by atoms with van der Waals surface area (Å²) in [5.74, 6) is 0.358. The van der Waals surface area contributed by atoms with E-state index in [1.165, 1.54) is 11.8 Å². The molecule has 0 aliphatic carbocycles. The smallest absolute Gasteiger partial charge is 0.242 e. The van der Waals surface area contributed by atoms with Gasteiger partial charge >= 0.3 is 0 Å². The maximum atomic E-state index is 12.6. The third-order valence-electron chi connectivity index (χ3n) is 4.22. The Morgan fingerprint density at radius 2 is 1.88 bits per heavy atom. The summed E-state index contributed by atoms with van der Waals surface area (Å²) in [6.45, 7) is 7.81. The molecule has 6 nitrogen and oxygen atoms in total. The molecule has 1 aliphatic rings. The van der Waals surface area contributed by atoms with Gasteiger partial charge < -0.3 is 14.8 Å². The molecule has 0 unspecified atom stereocenters. The topological polar surface area (TPSA) is 67.2 Å². The second-order valence-corrected chi connectivity index (χ2v) is 8.59. The van der Waals surface area contributed by atoms with Crippen molar-refractivity contribution < 1.29 is 9.59 Å². The van der Waals surface area contributed by atoms with Gasteiger partial charge in [0.1, 0.15) is 6.54 Å². The highest BCUT2D eigenvalue weighted by Crippen LogP contribution is 2.24. The number of carbonyl (C=O) groups excluding carboxylic acids is 2. The lowest BCUT2D eigenvalue weighted by Crippen LogP contribution is -2.41. The normalized spacial score (nSPS) is 14.8. The number of benzene rings is 1. The van der Waals surface area contributed by atoms with Crippen molar-refractivity contribution in [3.05, 3.63) is 24.3 Å². The van der Waals surface area contributed by atoms with Crippen LogP contribution in [-0.4, -0.2) is 50.6 Å². The van der Waals surface area contributed by atoms with Gasteiger partial charge in [-0.3, -0.25) is 9.59 Å². The van der Waals surface area contributed by atoms with E-state index in [4.69, 9.17) is 0 Å².